The van der Waals surface area contributed by atoms with Gasteiger partial charge in [0.25, 0.3) is 5.91 Å². The fourth-order valence-corrected chi connectivity index (χ4v) is 2.48. The number of imide groups is 1. The summed E-state index contributed by atoms with van der Waals surface area (Å²) in [6, 6.07) is 11.0. The molecule has 10 nitrogen and oxygen atoms in total. The van der Waals surface area contributed by atoms with Gasteiger partial charge in [-0.05, 0) is 55.5 Å². The maximum Gasteiger partial charge on any atom is 0.337 e. The summed E-state index contributed by atoms with van der Waals surface area (Å²) in [5, 5.41) is 7.13. The first-order valence-corrected chi connectivity index (χ1v) is 9.32. The topological polar surface area (TPSA) is 152 Å². The molecule has 0 aliphatic rings. The fraction of sp³-hybridized carbons (Fsp3) is 0.125. The van der Waals surface area contributed by atoms with Crippen LogP contribution < -0.4 is 31.6 Å². The second-order valence-electron chi connectivity index (χ2n) is 5.19. The molecule has 0 radical (unpaired) electrons. The lowest BCUT2D eigenvalue weighted by atomic mass is 10.2. The van der Waals surface area contributed by atoms with Gasteiger partial charge in [-0.1, -0.05) is 0 Å². The zero-order chi connectivity index (χ0) is 19.9. The summed E-state index contributed by atoms with van der Waals surface area (Å²) in [5.41, 5.74) is 7.94. The lowest BCUT2D eigenvalue weighted by molar-refractivity contribution is 0.0963. The Labute approximate surface area is 156 Å². The van der Waals surface area contributed by atoms with E-state index in [1.807, 2.05) is 6.92 Å². The molecule has 144 valence electrons. The van der Waals surface area contributed by atoms with Gasteiger partial charge in [-0.3, -0.25) is 15.5 Å². The van der Waals surface area contributed by atoms with Crippen LogP contribution >= 0.6 is 0 Å². The van der Waals surface area contributed by atoms with Crippen molar-refractivity contribution in [3.05, 3.63) is 54.1 Å². The molecule has 0 aliphatic carbocycles. The van der Waals surface area contributed by atoms with E-state index in [1.54, 1.807) is 12.1 Å². The standard InChI is InChI=1S/C16H19N5O5S/c1-2-26-13-7-3-11(4-8-13)15(22)18-16(23)20-21-19-12-5-9-14(10-6-12)27(17,24)25/h3-10,19,21H,2H2,1H3,(H2,17,24,25)(H2,18,20,22,23). The van der Waals surface area contributed by atoms with Gasteiger partial charge in [-0.15, -0.1) is 5.53 Å². The number of benzene rings is 2. The van der Waals surface area contributed by atoms with Crippen molar-refractivity contribution in [2.45, 2.75) is 11.8 Å². The summed E-state index contributed by atoms with van der Waals surface area (Å²) in [6.07, 6.45) is 0. The third-order valence-corrected chi connectivity index (χ3v) is 4.15. The quantitative estimate of drug-likeness (QED) is 0.434. The highest BCUT2D eigenvalue weighted by atomic mass is 32.2. The smallest absolute Gasteiger partial charge is 0.337 e. The van der Waals surface area contributed by atoms with Crippen LogP contribution in [-0.2, 0) is 10.0 Å². The minimum absolute atomic E-state index is 0.0419. The fourth-order valence-electron chi connectivity index (χ4n) is 1.96. The van der Waals surface area contributed by atoms with E-state index in [2.05, 4.69) is 21.7 Å². The minimum Gasteiger partial charge on any atom is -0.494 e. The van der Waals surface area contributed by atoms with Crippen molar-refractivity contribution < 1.29 is 22.7 Å². The lowest BCUT2D eigenvalue weighted by Gasteiger charge is -2.11. The molecule has 0 fully saturated rings. The molecule has 2 aromatic carbocycles. The molecule has 6 N–H and O–H groups in total. The van der Waals surface area contributed by atoms with Crippen LogP contribution in [0.4, 0.5) is 10.5 Å². The van der Waals surface area contributed by atoms with Crippen LogP contribution in [0.25, 0.3) is 0 Å². The van der Waals surface area contributed by atoms with Crippen LogP contribution in [0.2, 0.25) is 0 Å². The minimum atomic E-state index is -3.77. The Hall–Kier alpha value is -3.15. The molecule has 0 atom stereocenters. The number of sulfonamides is 1. The number of ether oxygens (including phenoxy) is 1. The van der Waals surface area contributed by atoms with Crippen molar-refractivity contribution in [1.29, 1.82) is 0 Å². The van der Waals surface area contributed by atoms with E-state index in [4.69, 9.17) is 9.88 Å². The zero-order valence-corrected chi connectivity index (χ0v) is 15.2. The molecule has 0 aromatic heterocycles. The van der Waals surface area contributed by atoms with E-state index in [0.29, 0.717) is 23.6 Å². The van der Waals surface area contributed by atoms with Crippen molar-refractivity contribution in [1.82, 2.24) is 16.3 Å². The molecule has 0 heterocycles. The van der Waals surface area contributed by atoms with Gasteiger partial charge in [0.1, 0.15) is 5.75 Å². The van der Waals surface area contributed by atoms with Gasteiger partial charge in [0.15, 0.2) is 0 Å². The first-order chi connectivity index (χ1) is 12.8. The molecular formula is C16H19N5O5S. The SMILES string of the molecule is CCOc1ccc(C(=O)NC(=O)NNNc2ccc(S(N)(=O)=O)cc2)cc1. The van der Waals surface area contributed by atoms with E-state index in [1.165, 1.54) is 36.4 Å². The van der Waals surface area contributed by atoms with E-state index in [9.17, 15) is 18.0 Å². The molecule has 0 saturated heterocycles. The van der Waals surface area contributed by atoms with E-state index in [0.717, 1.165) is 0 Å². The second-order valence-corrected chi connectivity index (χ2v) is 6.75. The summed E-state index contributed by atoms with van der Waals surface area (Å²) in [7, 11) is -3.77. The third-order valence-electron chi connectivity index (χ3n) is 3.22. The average Bonchev–Trinajstić information content (AvgIpc) is 2.62. The number of carbonyl (C=O) groups excluding carboxylic acids is 2. The van der Waals surface area contributed by atoms with E-state index < -0.39 is 22.0 Å². The molecular weight excluding hydrogens is 374 g/mol. The second kappa shape index (κ2) is 8.98. The van der Waals surface area contributed by atoms with Crippen LogP contribution in [0.1, 0.15) is 17.3 Å². The van der Waals surface area contributed by atoms with Gasteiger partial charge >= 0.3 is 6.03 Å². The number of carbonyl (C=O) groups is 2. The zero-order valence-electron chi connectivity index (χ0n) is 14.4. The summed E-state index contributed by atoms with van der Waals surface area (Å²) >= 11 is 0. The number of rotatable bonds is 7. The van der Waals surface area contributed by atoms with Crippen LogP contribution in [0, 0.1) is 0 Å². The van der Waals surface area contributed by atoms with Crippen molar-refractivity contribution in [2.75, 3.05) is 12.0 Å². The van der Waals surface area contributed by atoms with Gasteiger partial charge in [0.05, 0.1) is 17.2 Å². The molecule has 0 aliphatic heterocycles. The Morgan fingerprint density at radius 3 is 2.22 bits per heavy atom. The van der Waals surface area contributed by atoms with Gasteiger partial charge in [-0.2, -0.15) is 0 Å². The highest BCUT2D eigenvalue weighted by Gasteiger charge is 2.10. The molecule has 0 unspecified atom stereocenters. The molecule has 0 saturated carbocycles. The number of nitrogens with two attached hydrogens (primary N) is 1. The Morgan fingerprint density at radius 2 is 1.67 bits per heavy atom. The van der Waals surface area contributed by atoms with Crippen molar-refractivity contribution in [3.8, 4) is 5.75 Å². The van der Waals surface area contributed by atoms with Crippen LogP contribution in [-0.4, -0.2) is 27.0 Å². The highest BCUT2D eigenvalue weighted by Crippen LogP contribution is 2.12. The van der Waals surface area contributed by atoms with Gasteiger partial charge < -0.3 is 10.2 Å². The van der Waals surface area contributed by atoms with Crippen molar-refractivity contribution >= 4 is 27.6 Å². The van der Waals surface area contributed by atoms with E-state index >= 15 is 0 Å². The van der Waals surface area contributed by atoms with Crippen LogP contribution in [0.3, 0.4) is 0 Å². The number of primary sulfonamides is 1. The Balaban J connectivity index is 1.79. The molecule has 0 bridgehead atoms. The molecule has 3 amide bonds. The van der Waals surface area contributed by atoms with Crippen molar-refractivity contribution in [2.24, 2.45) is 5.14 Å². The molecule has 2 aromatic rings. The largest absolute Gasteiger partial charge is 0.494 e. The van der Waals surface area contributed by atoms with E-state index in [-0.39, 0.29) is 4.90 Å². The number of urea groups is 1. The van der Waals surface area contributed by atoms with Gasteiger partial charge in [0.2, 0.25) is 10.0 Å². The molecule has 27 heavy (non-hydrogen) atoms. The maximum atomic E-state index is 12.0. The number of hydrogen-bond acceptors (Lipinski definition) is 7. The predicted molar refractivity (Wildman–Crippen MR) is 98.2 cm³/mol. The first-order valence-electron chi connectivity index (χ1n) is 7.77. The first kappa shape index (κ1) is 20.2. The predicted octanol–water partition coefficient (Wildman–Crippen LogP) is 0.704. The van der Waals surface area contributed by atoms with Crippen molar-refractivity contribution in [3.63, 3.8) is 0 Å². The maximum absolute atomic E-state index is 12.0. The summed E-state index contributed by atoms with van der Waals surface area (Å²) in [5.74, 6) is 0.0349. The third kappa shape index (κ3) is 6.26. The highest BCUT2D eigenvalue weighted by molar-refractivity contribution is 7.89. The Morgan fingerprint density at radius 1 is 1.04 bits per heavy atom. The van der Waals surface area contributed by atoms with Crippen LogP contribution in [0.5, 0.6) is 5.75 Å². The summed E-state index contributed by atoms with van der Waals surface area (Å²) < 4.78 is 27.6. The summed E-state index contributed by atoms with van der Waals surface area (Å²) in [4.78, 5) is 23.6. The number of anilines is 1. The number of hydrogen-bond donors (Lipinski definition) is 5. The monoisotopic (exact) mass is 393 g/mol. The van der Waals surface area contributed by atoms with Gasteiger partial charge in [-0.25, -0.2) is 18.4 Å². The molecule has 11 heteroatoms. The Kier molecular flexibility index (Phi) is 6.71. The lowest BCUT2D eigenvalue weighted by Crippen LogP contribution is -2.48. The van der Waals surface area contributed by atoms with Crippen LogP contribution in [0.15, 0.2) is 53.4 Å². The molecule has 0 spiro atoms. The normalized spacial score (nSPS) is 10.7. The number of nitrogens with one attached hydrogen (secondary N) is 4. The number of amides is 3. The Bertz CT molecular complexity index is 898. The number of hydrazine groups is 2. The average molecular weight is 393 g/mol. The summed E-state index contributed by atoms with van der Waals surface area (Å²) in [6.45, 7) is 2.36. The molecule has 2 rings (SSSR count). The van der Waals surface area contributed by atoms with Gasteiger partial charge in [0, 0.05) is 5.56 Å².